The van der Waals surface area contributed by atoms with Gasteiger partial charge in [-0.25, -0.2) is 4.98 Å². The molecule has 210 valence electrons. The summed E-state index contributed by atoms with van der Waals surface area (Å²) in [6.07, 6.45) is 8.57. The molecule has 0 radical (unpaired) electrons. The number of amides is 1. The SMILES string of the molecule is COc1cc(C(=O)N2CC3CCC2C3N)cc2nc(-c3cc4ccc(-c5cnn(C)c5)cc4n3CC3CC3)n(C)c12. The van der Waals surface area contributed by atoms with E-state index in [1.807, 2.05) is 48.2 Å². The summed E-state index contributed by atoms with van der Waals surface area (Å²) in [6, 6.07) is 12.9. The number of piperidine rings is 1. The molecule has 8 rings (SSSR count). The molecule has 9 heteroatoms. The number of carbonyl (C=O) groups is 1. The Hall–Kier alpha value is -4.11. The molecular weight excluding hydrogens is 514 g/mol. The van der Waals surface area contributed by atoms with E-state index >= 15 is 0 Å². The molecule has 1 saturated heterocycles. The van der Waals surface area contributed by atoms with Crippen molar-refractivity contribution in [3.8, 4) is 28.4 Å². The lowest BCUT2D eigenvalue weighted by Crippen LogP contribution is -2.41. The fourth-order valence-corrected chi connectivity index (χ4v) is 7.21. The zero-order valence-electron chi connectivity index (χ0n) is 23.7. The fourth-order valence-electron chi connectivity index (χ4n) is 7.21. The van der Waals surface area contributed by atoms with Gasteiger partial charge in [0.15, 0.2) is 5.82 Å². The molecule has 1 aliphatic heterocycles. The van der Waals surface area contributed by atoms with E-state index in [1.54, 1.807) is 7.11 Å². The molecule has 2 aromatic carbocycles. The molecule has 2 saturated carbocycles. The molecular formula is C32H35N7O2. The van der Waals surface area contributed by atoms with Crippen LogP contribution in [0.2, 0.25) is 0 Å². The van der Waals surface area contributed by atoms with Crippen LogP contribution in [0.1, 0.15) is 36.0 Å². The number of rotatable bonds is 6. The molecule has 3 unspecified atom stereocenters. The van der Waals surface area contributed by atoms with Gasteiger partial charge in [0.2, 0.25) is 0 Å². The van der Waals surface area contributed by atoms with Crippen LogP contribution >= 0.6 is 0 Å². The van der Waals surface area contributed by atoms with Crippen molar-refractivity contribution in [1.82, 2.24) is 28.8 Å². The van der Waals surface area contributed by atoms with E-state index in [2.05, 4.69) is 38.5 Å². The highest BCUT2D eigenvalue weighted by molar-refractivity contribution is 6.00. The first-order valence-electron chi connectivity index (χ1n) is 14.6. The van der Waals surface area contributed by atoms with E-state index in [-0.39, 0.29) is 18.0 Å². The van der Waals surface area contributed by atoms with Gasteiger partial charge in [0.25, 0.3) is 5.91 Å². The number of aromatic nitrogens is 5. The molecule has 3 aliphatic rings. The highest BCUT2D eigenvalue weighted by Gasteiger charge is 2.47. The van der Waals surface area contributed by atoms with Crippen molar-refractivity contribution in [3.63, 3.8) is 0 Å². The zero-order chi connectivity index (χ0) is 28.0. The predicted octanol–water partition coefficient (Wildman–Crippen LogP) is 4.58. The van der Waals surface area contributed by atoms with Gasteiger partial charge in [0, 0.05) is 67.5 Å². The van der Waals surface area contributed by atoms with Crippen molar-refractivity contribution >= 4 is 27.8 Å². The van der Waals surface area contributed by atoms with Gasteiger partial charge in [-0.05, 0) is 67.3 Å². The van der Waals surface area contributed by atoms with Crippen LogP contribution in [-0.2, 0) is 20.6 Å². The minimum atomic E-state index is 0.0193. The molecule has 2 N–H and O–H groups in total. The zero-order valence-corrected chi connectivity index (χ0v) is 23.7. The molecule has 5 aromatic rings. The van der Waals surface area contributed by atoms with E-state index in [0.717, 1.165) is 59.6 Å². The molecule has 4 heterocycles. The number of nitrogens with two attached hydrogens (primary N) is 1. The minimum absolute atomic E-state index is 0.0193. The van der Waals surface area contributed by atoms with Crippen LogP contribution in [0.3, 0.4) is 0 Å². The predicted molar refractivity (Wildman–Crippen MR) is 159 cm³/mol. The summed E-state index contributed by atoms with van der Waals surface area (Å²) in [5, 5.41) is 5.55. The largest absolute Gasteiger partial charge is 0.494 e. The van der Waals surface area contributed by atoms with E-state index < -0.39 is 0 Å². The standard InChI is InChI=1S/C32H35N7O2/c1-36-16-23(14-34-36)19-6-7-20-12-27(38(26(20)11-19)15-18-4-5-18)31-35-24-10-22(13-28(41-3)30(24)37(31)2)32(40)39-17-21-8-9-25(39)29(21)33/h6-7,10-14,16,18,21,25,29H,4-5,8-9,15,17,33H2,1-3H3. The maximum atomic E-state index is 13.7. The van der Waals surface area contributed by atoms with Gasteiger partial charge in [-0.2, -0.15) is 5.10 Å². The molecule has 3 aromatic heterocycles. The van der Waals surface area contributed by atoms with E-state index in [1.165, 1.54) is 23.7 Å². The van der Waals surface area contributed by atoms with Crippen molar-refractivity contribution in [2.75, 3.05) is 13.7 Å². The fraction of sp³-hybridized carbons (Fsp3) is 0.406. The second kappa shape index (κ2) is 8.94. The summed E-state index contributed by atoms with van der Waals surface area (Å²) in [6.45, 7) is 1.69. The number of imidazole rings is 1. The first-order chi connectivity index (χ1) is 19.9. The number of likely N-dealkylation sites (tertiary alicyclic amines) is 1. The first kappa shape index (κ1) is 24.7. The molecule has 3 fully saturated rings. The number of hydrogen-bond donors (Lipinski definition) is 1. The Labute approximate surface area is 238 Å². The van der Waals surface area contributed by atoms with Crippen LogP contribution in [0.15, 0.2) is 48.8 Å². The quantitative estimate of drug-likeness (QED) is 0.335. The summed E-state index contributed by atoms with van der Waals surface area (Å²) >= 11 is 0. The summed E-state index contributed by atoms with van der Waals surface area (Å²) in [7, 11) is 5.64. The van der Waals surface area contributed by atoms with Crippen molar-refractivity contribution < 1.29 is 9.53 Å². The van der Waals surface area contributed by atoms with Gasteiger partial charge in [0.05, 0.1) is 24.5 Å². The number of aryl methyl sites for hydroxylation is 2. The second-order valence-electron chi connectivity index (χ2n) is 12.2. The number of ether oxygens (including phenoxy) is 1. The Kier molecular flexibility index (Phi) is 5.38. The van der Waals surface area contributed by atoms with Crippen LogP contribution in [0.25, 0.3) is 44.6 Å². The first-order valence-corrected chi connectivity index (χ1v) is 14.6. The maximum Gasteiger partial charge on any atom is 0.254 e. The lowest BCUT2D eigenvalue weighted by atomic mass is 10.1. The number of carbonyl (C=O) groups excluding carboxylic acids is 1. The average molecular weight is 550 g/mol. The van der Waals surface area contributed by atoms with E-state index in [9.17, 15) is 4.79 Å². The number of benzene rings is 2. The van der Waals surface area contributed by atoms with Crippen molar-refractivity contribution in [2.24, 2.45) is 31.7 Å². The summed E-state index contributed by atoms with van der Waals surface area (Å²) < 4.78 is 12.2. The van der Waals surface area contributed by atoms with E-state index in [0.29, 0.717) is 23.1 Å². The summed E-state index contributed by atoms with van der Waals surface area (Å²) in [5.74, 6) is 2.63. The molecule has 41 heavy (non-hydrogen) atoms. The van der Waals surface area contributed by atoms with E-state index in [4.69, 9.17) is 15.5 Å². The number of nitrogens with zero attached hydrogens (tertiary/aromatic N) is 6. The Morgan fingerprint density at radius 3 is 2.61 bits per heavy atom. The van der Waals surface area contributed by atoms with Gasteiger partial charge in [-0.3, -0.25) is 9.48 Å². The number of fused-ring (bicyclic) bond motifs is 4. The third kappa shape index (κ3) is 3.82. The summed E-state index contributed by atoms with van der Waals surface area (Å²) in [4.78, 5) is 20.8. The smallest absolute Gasteiger partial charge is 0.254 e. The Bertz CT molecular complexity index is 1840. The van der Waals surface area contributed by atoms with Gasteiger partial charge in [0.1, 0.15) is 11.3 Å². The highest BCUT2D eigenvalue weighted by atomic mass is 16.5. The van der Waals surface area contributed by atoms with Crippen LogP contribution in [0.4, 0.5) is 0 Å². The monoisotopic (exact) mass is 549 g/mol. The van der Waals surface area contributed by atoms with Crippen molar-refractivity contribution in [3.05, 3.63) is 54.4 Å². The molecule has 1 amide bonds. The molecule has 2 bridgehead atoms. The molecule has 0 spiro atoms. The number of hydrogen-bond acceptors (Lipinski definition) is 5. The third-order valence-corrected chi connectivity index (χ3v) is 9.62. The van der Waals surface area contributed by atoms with Crippen LogP contribution in [-0.4, -0.2) is 60.4 Å². The summed E-state index contributed by atoms with van der Waals surface area (Å²) in [5.41, 5.74) is 13.2. The Balaban J connectivity index is 1.25. The Morgan fingerprint density at radius 2 is 1.93 bits per heavy atom. The normalized spacial score (nSPS) is 22.0. The molecule has 3 atom stereocenters. The lowest BCUT2D eigenvalue weighted by Gasteiger charge is -2.27. The Morgan fingerprint density at radius 1 is 1.07 bits per heavy atom. The maximum absolute atomic E-state index is 13.7. The van der Waals surface area contributed by atoms with Gasteiger partial charge in [-0.15, -0.1) is 0 Å². The van der Waals surface area contributed by atoms with Crippen molar-refractivity contribution in [2.45, 2.75) is 44.3 Å². The highest BCUT2D eigenvalue weighted by Crippen LogP contribution is 2.40. The van der Waals surface area contributed by atoms with Gasteiger partial charge < -0.3 is 24.5 Å². The van der Waals surface area contributed by atoms with Crippen LogP contribution < -0.4 is 10.5 Å². The molecule has 2 aliphatic carbocycles. The van der Waals surface area contributed by atoms with Crippen LogP contribution in [0, 0.1) is 11.8 Å². The average Bonchev–Trinajstić information content (AvgIpc) is 3.24. The van der Waals surface area contributed by atoms with Gasteiger partial charge in [-0.1, -0.05) is 12.1 Å². The number of methoxy groups -OCH3 is 1. The molecule has 9 nitrogen and oxygen atoms in total. The van der Waals surface area contributed by atoms with Crippen molar-refractivity contribution in [1.29, 1.82) is 0 Å². The lowest BCUT2D eigenvalue weighted by molar-refractivity contribution is 0.0700. The van der Waals surface area contributed by atoms with Gasteiger partial charge >= 0.3 is 0 Å². The minimum Gasteiger partial charge on any atom is -0.494 e. The van der Waals surface area contributed by atoms with Crippen LogP contribution in [0.5, 0.6) is 5.75 Å². The third-order valence-electron chi connectivity index (χ3n) is 9.62. The second-order valence-corrected chi connectivity index (χ2v) is 12.2. The topological polar surface area (TPSA) is 96.1 Å².